The third-order valence-corrected chi connectivity index (χ3v) is 8.83. The van der Waals surface area contributed by atoms with Crippen LogP contribution < -0.4 is 0 Å². The average molecular weight is 411 g/mol. The second-order valence-electron chi connectivity index (χ2n) is 10.3. The first-order valence-corrected chi connectivity index (χ1v) is 11.2. The topological polar surface area (TPSA) is 76.7 Å². The van der Waals surface area contributed by atoms with Crippen LogP contribution in [-0.2, 0) is 9.53 Å². The van der Waals surface area contributed by atoms with E-state index in [0.29, 0.717) is 23.7 Å². The molecule has 160 valence electrons. The van der Waals surface area contributed by atoms with Crippen molar-refractivity contribution in [3.63, 3.8) is 0 Å². The van der Waals surface area contributed by atoms with E-state index in [1.54, 1.807) is 18.2 Å². The van der Waals surface area contributed by atoms with E-state index in [4.69, 9.17) is 9.15 Å². The number of ketones is 1. The van der Waals surface area contributed by atoms with Crippen molar-refractivity contribution in [2.45, 2.75) is 59.0 Å². The fourth-order valence-corrected chi connectivity index (χ4v) is 7.42. The molecule has 7 atom stereocenters. The molecule has 0 radical (unpaired) electrons. The summed E-state index contributed by atoms with van der Waals surface area (Å²) in [5, 5.41) is 10.2. The van der Waals surface area contributed by atoms with E-state index < -0.39 is 0 Å². The van der Waals surface area contributed by atoms with Gasteiger partial charge in [-0.05, 0) is 80.1 Å². The van der Waals surface area contributed by atoms with E-state index in [0.717, 1.165) is 32.1 Å². The zero-order valence-electron chi connectivity index (χ0n) is 17.9. The SMILES string of the molecule is C[C@@H]1C[C@H]2[C@@H]3CCC4=CC(=O)C(O)=C[C@]4(C)[C@H]3CC[C@]2(C)[C@@H]1OC(=O)c1ccco1. The molecule has 0 saturated heterocycles. The van der Waals surface area contributed by atoms with Gasteiger partial charge in [-0.25, -0.2) is 4.79 Å². The maximum Gasteiger partial charge on any atom is 0.374 e. The third kappa shape index (κ3) is 2.67. The monoisotopic (exact) mass is 410 g/mol. The highest BCUT2D eigenvalue weighted by molar-refractivity contribution is 6.04. The first kappa shape index (κ1) is 19.7. The molecule has 3 saturated carbocycles. The van der Waals surface area contributed by atoms with Gasteiger partial charge in [0.1, 0.15) is 6.10 Å². The molecule has 5 nitrogen and oxygen atoms in total. The number of carbonyl (C=O) groups is 2. The number of aliphatic hydroxyl groups excluding tert-OH is 1. The first-order chi connectivity index (χ1) is 14.2. The lowest BCUT2D eigenvalue weighted by Crippen LogP contribution is -2.51. The van der Waals surface area contributed by atoms with Gasteiger partial charge < -0.3 is 14.3 Å². The standard InChI is InChI=1S/C25H30O5/c1-14-11-18-16-7-6-15-12-19(26)20(27)13-25(15,3)17(16)8-9-24(18,2)22(14)30-23(28)21-5-4-10-29-21/h4-5,10,12-14,16-18,22,27H,6-9,11H2,1-3H3/t14-,16-,17+,18+,22-,24+,25+/m1/s1. The second kappa shape index (κ2) is 6.60. The molecule has 4 aliphatic rings. The number of rotatable bonds is 2. The van der Waals surface area contributed by atoms with Crippen LogP contribution in [0.1, 0.15) is 63.4 Å². The molecule has 0 bridgehead atoms. The summed E-state index contributed by atoms with van der Waals surface area (Å²) < 4.78 is 11.3. The van der Waals surface area contributed by atoms with Crippen molar-refractivity contribution in [3.05, 3.63) is 47.6 Å². The summed E-state index contributed by atoms with van der Waals surface area (Å²) in [5.41, 5.74) is 0.854. The van der Waals surface area contributed by atoms with Crippen molar-refractivity contribution in [1.82, 2.24) is 0 Å². The van der Waals surface area contributed by atoms with Gasteiger partial charge in [-0.3, -0.25) is 4.79 Å². The number of aliphatic hydroxyl groups is 1. The largest absolute Gasteiger partial charge is 0.504 e. The van der Waals surface area contributed by atoms with E-state index in [1.165, 1.54) is 11.8 Å². The number of hydrogen-bond donors (Lipinski definition) is 1. The quantitative estimate of drug-likeness (QED) is 0.674. The Bertz CT molecular complexity index is 941. The molecule has 0 spiro atoms. The second-order valence-corrected chi connectivity index (χ2v) is 10.3. The molecule has 1 N–H and O–H groups in total. The van der Waals surface area contributed by atoms with Crippen LogP contribution >= 0.6 is 0 Å². The van der Waals surface area contributed by atoms with E-state index in [2.05, 4.69) is 20.8 Å². The van der Waals surface area contributed by atoms with Crippen molar-refractivity contribution in [2.24, 2.45) is 34.5 Å². The maximum absolute atomic E-state index is 12.6. The van der Waals surface area contributed by atoms with Crippen LogP contribution in [0.3, 0.4) is 0 Å². The predicted molar refractivity (Wildman–Crippen MR) is 111 cm³/mol. The van der Waals surface area contributed by atoms with E-state index in [-0.39, 0.29) is 40.2 Å². The number of ether oxygens (including phenoxy) is 1. The normalized spacial score (nSPS) is 42.5. The summed E-state index contributed by atoms with van der Waals surface area (Å²) in [6.45, 7) is 6.68. The van der Waals surface area contributed by atoms with Crippen LogP contribution in [0.5, 0.6) is 0 Å². The van der Waals surface area contributed by atoms with Gasteiger partial charge in [0, 0.05) is 10.8 Å². The van der Waals surface area contributed by atoms with Gasteiger partial charge in [0.05, 0.1) is 6.26 Å². The van der Waals surface area contributed by atoms with Gasteiger partial charge in [0.2, 0.25) is 11.5 Å². The molecule has 1 aromatic rings. The van der Waals surface area contributed by atoms with Crippen LogP contribution in [0, 0.1) is 34.5 Å². The Hall–Kier alpha value is -2.30. The van der Waals surface area contributed by atoms with Crippen molar-refractivity contribution >= 4 is 11.8 Å². The fourth-order valence-electron chi connectivity index (χ4n) is 7.42. The van der Waals surface area contributed by atoms with Gasteiger partial charge in [-0.2, -0.15) is 0 Å². The summed E-state index contributed by atoms with van der Waals surface area (Å²) in [7, 11) is 0. The van der Waals surface area contributed by atoms with Crippen LogP contribution in [0.4, 0.5) is 0 Å². The summed E-state index contributed by atoms with van der Waals surface area (Å²) >= 11 is 0. The Kier molecular flexibility index (Phi) is 4.32. The minimum Gasteiger partial charge on any atom is -0.504 e. The lowest BCUT2D eigenvalue weighted by atomic mass is 9.48. The van der Waals surface area contributed by atoms with E-state index in [1.807, 2.05) is 6.08 Å². The summed E-state index contributed by atoms with van der Waals surface area (Å²) in [6, 6.07) is 3.35. The zero-order chi connectivity index (χ0) is 21.3. The molecule has 0 aromatic carbocycles. The van der Waals surface area contributed by atoms with Crippen LogP contribution in [-0.4, -0.2) is 23.0 Å². The molecule has 30 heavy (non-hydrogen) atoms. The highest BCUT2D eigenvalue weighted by Gasteiger charge is 2.61. The van der Waals surface area contributed by atoms with Gasteiger partial charge in [-0.15, -0.1) is 0 Å². The predicted octanol–water partition coefficient (Wildman–Crippen LogP) is 5.24. The maximum atomic E-state index is 12.6. The molecule has 5 rings (SSSR count). The summed E-state index contributed by atoms with van der Waals surface area (Å²) in [5.74, 6) is 1.17. The van der Waals surface area contributed by atoms with Gasteiger partial charge in [0.15, 0.2) is 5.76 Å². The number of allylic oxidation sites excluding steroid dienone is 3. The lowest BCUT2D eigenvalue weighted by Gasteiger charge is -2.56. The molecule has 5 heteroatoms. The number of carbonyl (C=O) groups excluding carboxylic acids is 2. The van der Waals surface area contributed by atoms with E-state index >= 15 is 0 Å². The number of hydrogen-bond acceptors (Lipinski definition) is 5. The molecule has 0 unspecified atom stereocenters. The Morgan fingerprint density at radius 2 is 2.07 bits per heavy atom. The minimum absolute atomic E-state index is 0.0589. The average Bonchev–Trinajstić information content (AvgIpc) is 3.31. The Morgan fingerprint density at radius 3 is 2.80 bits per heavy atom. The zero-order valence-corrected chi connectivity index (χ0v) is 17.9. The first-order valence-electron chi connectivity index (χ1n) is 11.2. The molecule has 3 fully saturated rings. The summed E-state index contributed by atoms with van der Waals surface area (Å²) in [4.78, 5) is 24.6. The van der Waals surface area contributed by atoms with E-state index in [9.17, 15) is 14.7 Å². The van der Waals surface area contributed by atoms with Gasteiger partial charge in [-0.1, -0.05) is 26.3 Å². The van der Waals surface area contributed by atoms with Crippen LogP contribution in [0.25, 0.3) is 0 Å². The Balaban J connectivity index is 1.43. The fraction of sp³-hybridized carbons (Fsp3) is 0.600. The van der Waals surface area contributed by atoms with Crippen LogP contribution in [0.15, 0.2) is 46.3 Å². The van der Waals surface area contributed by atoms with Crippen molar-refractivity contribution in [2.75, 3.05) is 0 Å². The number of furan rings is 1. The summed E-state index contributed by atoms with van der Waals surface area (Å²) in [6.07, 6.45) is 9.83. The Morgan fingerprint density at radius 1 is 1.27 bits per heavy atom. The van der Waals surface area contributed by atoms with Crippen molar-refractivity contribution < 1.29 is 23.8 Å². The molecular weight excluding hydrogens is 380 g/mol. The van der Waals surface area contributed by atoms with Gasteiger partial charge in [0.25, 0.3) is 0 Å². The van der Waals surface area contributed by atoms with Crippen molar-refractivity contribution in [1.29, 1.82) is 0 Å². The van der Waals surface area contributed by atoms with Crippen molar-refractivity contribution in [3.8, 4) is 0 Å². The number of esters is 1. The molecular formula is C25H30O5. The van der Waals surface area contributed by atoms with Crippen LogP contribution in [0.2, 0.25) is 0 Å². The minimum atomic E-state index is -0.375. The van der Waals surface area contributed by atoms with Gasteiger partial charge >= 0.3 is 5.97 Å². The molecule has 4 aliphatic carbocycles. The number of fused-ring (bicyclic) bond motifs is 5. The highest BCUT2D eigenvalue weighted by atomic mass is 16.6. The smallest absolute Gasteiger partial charge is 0.374 e. The third-order valence-electron chi connectivity index (χ3n) is 8.83. The molecule has 1 aromatic heterocycles. The lowest BCUT2D eigenvalue weighted by molar-refractivity contribution is -0.114. The molecule has 0 aliphatic heterocycles. The highest BCUT2D eigenvalue weighted by Crippen LogP contribution is 2.66. The molecule has 1 heterocycles. The Labute approximate surface area is 177 Å². The molecule has 0 amide bonds.